The van der Waals surface area contributed by atoms with Gasteiger partial charge in [0, 0.05) is 32.9 Å². The van der Waals surface area contributed by atoms with Gasteiger partial charge in [-0.1, -0.05) is 0 Å². The SMILES string of the molecule is Cn1c(C(=O)NCc2ccnc(CNS(C)(=O)=O)c2)cc(=O)n(C)c1=O. The average Bonchev–Trinajstić information content (AvgIpc) is 2.59. The van der Waals surface area contributed by atoms with Crippen molar-refractivity contribution >= 4 is 15.9 Å². The second-order valence-electron chi connectivity index (χ2n) is 5.70. The molecule has 0 spiro atoms. The molecule has 2 rings (SSSR count). The van der Waals surface area contributed by atoms with Crippen molar-refractivity contribution in [2.45, 2.75) is 13.1 Å². The number of nitrogens with zero attached hydrogens (tertiary/aromatic N) is 3. The van der Waals surface area contributed by atoms with Gasteiger partial charge in [0.1, 0.15) is 5.69 Å². The summed E-state index contributed by atoms with van der Waals surface area (Å²) in [5.74, 6) is -0.574. The Bertz CT molecular complexity index is 1050. The fraction of sp³-hybridized carbons (Fsp3) is 0.333. The van der Waals surface area contributed by atoms with Crippen molar-refractivity contribution < 1.29 is 13.2 Å². The Labute approximate surface area is 149 Å². The molecule has 2 N–H and O–H groups in total. The van der Waals surface area contributed by atoms with Crippen LogP contribution in [0.25, 0.3) is 0 Å². The van der Waals surface area contributed by atoms with Gasteiger partial charge >= 0.3 is 5.69 Å². The maximum atomic E-state index is 12.3. The molecule has 0 bridgehead atoms. The first kappa shape index (κ1) is 19.5. The smallest absolute Gasteiger partial charge is 0.331 e. The highest BCUT2D eigenvalue weighted by atomic mass is 32.2. The highest BCUT2D eigenvalue weighted by molar-refractivity contribution is 7.88. The monoisotopic (exact) mass is 381 g/mol. The minimum absolute atomic E-state index is 0.0316. The number of hydrogen-bond donors (Lipinski definition) is 2. The van der Waals surface area contributed by atoms with E-state index in [4.69, 9.17) is 0 Å². The Hall–Kier alpha value is -2.79. The largest absolute Gasteiger partial charge is 0.347 e. The summed E-state index contributed by atoms with van der Waals surface area (Å²) in [5, 5.41) is 2.62. The zero-order valence-electron chi connectivity index (χ0n) is 14.5. The topological polar surface area (TPSA) is 132 Å². The van der Waals surface area contributed by atoms with Gasteiger partial charge in [-0.15, -0.1) is 0 Å². The highest BCUT2D eigenvalue weighted by Crippen LogP contribution is 2.03. The molecule has 2 heterocycles. The molecule has 0 fully saturated rings. The van der Waals surface area contributed by atoms with Gasteiger partial charge in [0.15, 0.2) is 0 Å². The number of amides is 1. The van der Waals surface area contributed by atoms with Crippen molar-refractivity contribution in [3.63, 3.8) is 0 Å². The maximum Gasteiger partial charge on any atom is 0.331 e. The summed E-state index contributed by atoms with van der Waals surface area (Å²) in [6, 6.07) is 4.39. The summed E-state index contributed by atoms with van der Waals surface area (Å²) in [7, 11) is -0.607. The van der Waals surface area contributed by atoms with E-state index in [9.17, 15) is 22.8 Å². The van der Waals surface area contributed by atoms with E-state index in [2.05, 4.69) is 15.0 Å². The number of rotatable bonds is 6. The van der Waals surface area contributed by atoms with E-state index < -0.39 is 27.2 Å². The predicted octanol–water partition coefficient (Wildman–Crippen LogP) is -1.54. The van der Waals surface area contributed by atoms with Crippen LogP contribution >= 0.6 is 0 Å². The normalized spacial score (nSPS) is 11.3. The van der Waals surface area contributed by atoms with E-state index in [1.165, 1.54) is 20.3 Å². The van der Waals surface area contributed by atoms with Crippen LogP contribution in [-0.2, 0) is 37.2 Å². The Morgan fingerprint density at radius 2 is 1.85 bits per heavy atom. The van der Waals surface area contributed by atoms with Crippen molar-refractivity contribution in [3.05, 3.63) is 62.2 Å². The van der Waals surface area contributed by atoms with Crippen LogP contribution in [0.5, 0.6) is 0 Å². The molecule has 140 valence electrons. The molecule has 0 radical (unpaired) electrons. The van der Waals surface area contributed by atoms with Crippen LogP contribution in [0, 0.1) is 0 Å². The first-order chi connectivity index (χ1) is 12.1. The van der Waals surface area contributed by atoms with Crippen LogP contribution in [0.3, 0.4) is 0 Å². The van der Waals surface area contributed by atoms with Crippen molar-refractivity contribution in [1.29, 1.82) is 0 Å². The van der Waals surface area contributed by atoms with Crippen molar-refractivity contribution in [2.24, 2.45) is 14.1 Å². The molecule has 11 heteroatoms. The molecular weight excluding hydrogens is 362 g/mol. The van der Waals surface area contributed by atoms with Gasteiger partial charge in [0.25, 0.3) is 11.5 Å². The van der Waals surface area contributed by atoms with Crippen LogP contribution < -0.4 is 21.3 Å². The molecule has 0 aliphatic rings. The lowest BCUT2D eigenvalue weighted by molar-refractivity contribution is 0.0940. The second-order valence-corrected chi connectivity index (χ2v) is 7.53. The third kappa shape index (κ3) is 4.86. The molecule has 10 nitrogen and oxygen atoms in total. The first-order valence-electron chi connectivity index (χ1n) is 7.52. The van der Waals surface area contributed by atoms with Crippen molar-refractivity contribution in [2.75, 3.05) is 6.26 Å². The fourth-order valence-corrected chi connectivity index (χ4v) is 2.57. The molecule has 0 aliphatic heterocycles. The van der Waals surface area contributed by atoms with Gasteiger partial charge in [0.05, 0.1) is 18.5 Å². The predicted molar refractivity (Wildman–Crippen MR) is 94.0 cm³/mol. The lowest BCUT2D eigenvalue weighted by Gasteiger charge is -2.10. The number of sulfonamides is 1. The van der Waals surface area contributed by atoms with Crippen molar-refractivity contribution in [1.82, 2.24) is 24.2 Å². The molecule has 0 aromatic carbocycles. The third-order valence-corrected chi connectivity index (χ3v) is 4.28. The third-order valence-electron chi connectivity index (χ3n) is 3.61. The zero-order valence-corrected chi connectivity index (χ0v) is 15.3. The molecule has 0 unspecified atom stereocenters. The van der Waals surface area contributed by atoms with Gasteiger partial charge in [-0.2, -0.15) is 0 Å². The lowest BCUT2D eigenvalue weighted by Crippen LogP contribution is -2.41. The van der Waals surface area contributed by atoms with E-state index in [0.29, 0.717) is 11.3 Å². The molecule has 0 saturated heterocycles. The fourth-order valence-electron chi connectivity index (χ4n) is 2.16. The van der Waals surface area contributed by atoms with Crippen LogP contribution in [-0.4, -0.2) is 34.7 Å². The number of aromatic nitrogens is 3. The summed E-state index contributed by atoms with van der Waals surface area (Å²) in [5.41, 5.74) is -0.0428. The average molecular weight is 381 g/mol. The van der Waals surface area contributed by atoms with Crippen LogP contribution in [0.2, 0.25) is 0 Å². The molecule has 1 amide bonds. The summed E-state index contributed by atoms with van der Waals surface area (Å²) in [4.78, 5) is 39.9. The van der Waals surface area contributed by atoms with Crippen molar-refractivity contribution in [3.8, 4) is 0 Å². The highest BCUT2D eigenvalue weighted by Gasteiger charge is 2.13. The molecule has 0 aliphatic carbocycles. The molecule has 0 atom stereocenters. The molecule has 0 saturated carbocycles. The number of carbonyl (C=O) groups is 1. The standard InChI is InChI=1S/C15H19N5O5S/c1-19-12(7-13(21)20(2)15(19)23)14(22)17-8-10-4-5-16-11(6-10)9-18-26(3,24)25/h4-7,18H,8-9H2,1-3H3,(H,17,22). The number of hydrogen-bond acceptors (Lipinski definition) is 6. The van der Waals surface area contributed by atoms with Gasteiger partial charge in [-0.3, -0.25) is 23.7 Å². The molecule has 2 aromatic rings. The van der Waals surface area contributed by atoms with E-state index in [1.807, 2.05) is 0 Å². The Morgan fingerprint density at radius 3 is 2.50 bits per heavy atom. The summed E-state index contributed by atoms with van der Waals surface area (Å²) in [6.07, 6.45) is 2.54. The lowest BCUT2D eigenvalue weighted by atomic mass is 10.2. The first-order valence-corrected chi connectivity index (χ1v) is 9.41. The Balaban J connectivity index is 2.11. The van der Waals surface area contributed by atoms with E-state index >= 15 is 0 Å². The van der Waals surface area contributed by atoms with Crippen LogP contribution in [0.15, 0.2) is 34.0 Å². The summed E-state index contributed by atoms with van der Waals surface area (Å²) in [6.45, 7) is 0.153. The molecule has 26 heavy (non-hydrogen) atoms. The summed E-state index contributed by atoms with van der Waals surface area (Å²) < 4.78 is 26.6. The van der Waals surface area contributed by atoms with Gasteiger partial charge in [-0.05, 0) is 17.7 Å². The molecular formula is C15H19N5O5S. The van der Waals surface area contributed by atoms with Crippen LogP contribution in [0.1, 0.15) is 21.7 Å². The minimum atomic E-state index is -3.34. The minimum Gasteiger partial charge on any atom is -0.347 e. The summed E-state index contributed by atoms with van der Waals surface area (Å²) >= 11 is 0. The second kappa shape index (κ2) is 7.62. The van der Waals surface area contributed by atoms with Gasteiger partial charge in [-0.25, -0.2) is 17.9 Å². The molecule has 2 aromatic heterocycles. The van der Waals surface area contributed by atoms with E-state index in [1.54, 1.807) is 12.1 Å². The zero-order chi connectivity index (χ0) is 19.5. The van der Waals surface area contributed by atoms with Gasteiger partial charge in [0.2, 0.25) is 10.0 Å². The quantitative estimate of drug-likeness (QED) is 0.623. The van der Waals surface area contributed by atoms with Crippen LogP contribution in [0.4, 0.5) is 0 Å². The number of nitrogens with one attached hydrogen (secondary N) is 2. The Morgan fingerprint density at radius 1 is 1.15 bits per heavy atom. The number of pyridine rings is 1. The maximum absolute atomic E-state index is 12.3. The van der Waals surface area contributed by atoms with E-state index in [-0.39, 0.29) is 18.8 Å². The van der Waals surface area contributed by atoms with Gasteiger partial charge < -0.3 is 5.32 Å². The number of carbonyl (C=O) groups excluding carboxylic acids is 1. The van der Waals surface area contributed by atoms with E-state index in [0.717, 1.165) is 21.5 Å². The Kier molecular flexibility index (Phi) is 5.73.